The van der Waals surface area contributed by atoms with Gasteiger partial charge in [-0.3, -0.25) is 4.79 Å². The maximum atomic E-state index is 14.2. The van der Waals surface area contributed by atoms with E-state index in [1.165, 1.54) is 13.0 Å². The molecule has 0 radical (unpaired) electrons. The van der Waals surface area contributed by atoms with Crippen LogP contribution < -0.4 is 10.1 Å². The van der Waals surface area contributed by atoms with Crippen molar-refractivity contribution in [2.75, 3.05) is 5.32 Å². The van der Waals surface area contributed by atoms with E-state index in [9.17, 15) is 9.18 Å². The fraction of sp³-hybridized carbons (Fsp3) is 0.0455. The van der Waals surface area contributed by atoms with Gasteiger partial charge in [-0.15, -0.1) is 0 Å². The predicted molar refractivity (Wildman–Crippen MR) is 106 cm³/mol. The number of aromatic nitrogens is 2. The summed E-state index contributed by atoms with van der Waals surface area (Å²) in [6.45, 7) is 1.45. The van der Waals surface area contributed by atoms with E-state index in [1.807, 2.05) is 24.3 Å². The lowest BCUT2D eigenvalue weighted by Crippen LogP contribution is -2.05. The van der Waals surface area contributed by atoms with Gasteiger partial charge in [0.25, 0.3) is 0 Å². The van der Waals surface area contributed by atoms with Crippen LogP contribution in [0.3, 0.4) is 0 Å². The zero-order valence-corrected chi connectivity index (χ0v) is 15.0. The second-order valence-corrected chi connectivity index (χ2v) is 6.16. The summed E-state index contributed by atoms with van der Waals surface area (Å²) >= 11 is 0. The van der Waals surface area contributed by atoms with Crippen LogP contribution >= 0.6 is 0 Å². The number of anilines is 1. The van der Waals surface area contributed by atoms with Gasteiger partial charge in [0.05, 0.1) is 16.5 Å². The van der Waals surface area contributed by atoms with Gasteiger partial charge in [-0.1, -0.05) is 24.3 Å². The summed E-state index contributed by atoms with van der Waals surface area (Å²) in [5, 5.41) is 3.42. The van der Waals surface area contributed by atoms with Gasteiger partial charge < -0.3 is 10.1 Å². The van der Waals surface area contributed by atoms with Crippen molar-refractivity contribution in [1.82, 2.24) is 9.97 Å². The molecule has 4 rings (SSSR count). The largest absolute Gasteiger partial charge is 0.438 e. The monoisotopic (exact) mass is 373 g/mol. The fourth-order valence-corrected chi connectivity index (χ4v) is 2.81. The molecule has 138 valence electrons. The van der Waals surface area contributed by atoms with E-state index >= 15 is 0 Å². The number of amides is 1. The molecule has 1 heterocycles. The van der Waals surface area contributed by atoms with Gasteiger partial charge in [-0.25, -0.2) is 9.37 Å². The normalized spacial score (nSPS) is 10.6. The van der Waals surface area contributed by atoms with Crippen molar-refractivity contribution >= 4 is 22.5 Å². The maximum absolute atomic E-state index is 14.2. The third-order valence-corrected chi connectivity index (χ3v) is 4.07. The number of fused-ring (bicyclic) bond motifs is 1. The summed E-state index contributed by atoms with van der Waals surface area (Å²) in [6.07, 6.45) is 0. The van der Waals surface area contributed by atoms with Crippen LogP contribution in [0, 0.1) is 5.82 Å². The molecule has 0 saturated carbocycles. The number of ether oxygens (including phenoxy) is 1. The van der Waals surface area contributed by atoms with Crippen molar-refractivity contribution in [2.45, 2.75) is 6.92 Å². The highest BCUT2D eigenvalue weighted by atomic mass is 19.1. The van der Waals surface area contributed by atoms with Crippen LogP contribution in [0.2, 0.25) is 0 Å². The Morgan fingerprint density at radius 1 is 0.929 bits per heavy atom. The molecule has 0 aliphatic heterocycles. The number of hydrogen-bond acceptors (Lipinski definition) is 4. The first-order chi connectivity index (χ1) is 13.6. The third-order valence-electron chi connectivity index (χ3n) is 4.07. The predicted octanol–water partition coefficient (Wildman–Crippen LogP) is 5.19. The first-order valence-electron chi connectivity index (χ1n) is 8.67. The highest BCUT2D eigenvalue weighted by Gasteiger charge is 2.14. The van der Waals surface area contributed by atoms with Gasteiger partial charge in [0.15, 0.2) is 5.82 Å². The van der Waals surface area contributed by atoms with Gasteiger partial charge in [-0.2, -0.15) is 4.98 Å². The van der Waals surface area contributed by atoms with Crippen molar-refractivity contribution in [3.05, 3.63) is 78.6 Å². The van der Waals surface area contributed by atoms with E-state index in [0.29, 0.717) is 33.8 Å². The van der Waals surface area contributed by atoms with Crippen molar-refractivity contribution in [3.8, 4) is 23.0 Å². The molecule has 0 aliphatic rings. The molecule has 1 amide bonds. The van der Waals surface area contributed by atoms with E-state index in [1.54, 1.807) is 42.5 Å². The van der Waals surface area contributed by atoms with Crippen LogP contribution in [0.1, 0.15) is 6.92 Å². The second kappa shape index (κ2) is 7.44. The summed E-state index contributed by atoms with van der Waals surface area (Å²) in [4.78, 5) is 20.1. The number of rotatable bonds is 4. The Hall–Kier alpha value is -3.80. The molecule has 0 aliphatic carbocycles. The molecule has 0 bridgehead atoms. The summed E-state index contributed by atoms with van der Waals surface area (Å²) in [6, 6.07) is 20.7. The minimum absolute atomic E-state index is 0.148. The van der Waals surface area contributed by atoms with Gasteiger partial charge in [0.1, 0.15) is 11.6 Å². The molecule has 0 atom stereocenters. The lowest BCUT2D eigenvalue weighted by atomic mass is 10.2. The standard InChI is InChI=1S/C22H16FN3O2/c1-14(27)24-15-10-12-16(13-11-15)28-22-18-7-3-5-9-20(18)25-21(26-22)17-6-2-4-8-19(17)23/h2-13H,1H3,(H,24,27). The van der Waals surface area contributed by atoms with E-state index in [4.69, 9.17) is 4.74 Å². The van der Waals surface area contributed by atoms with Crippen LogP contribution in [0.4, 0.5) is 10.1 Å². The van der Waals surface area contributed by atoms with Crippen molar-refractivity contribution in [3.63, 3.8) is 0 Å². The number of nitrogens with zero attached hydrogens (tertiary/aromatic N) is 2. The van der Waals surface area contributed by atoms with Crippen molar-refractivity contribution in [1.29, 1.82) is 0 Å². The zero-order chi connectivity index (χ0) is 19.5. The minimum Gasteiger partial charge on any atom is -0.438 e. The molecule has 6 heteroatoms. The molecule has 0 spiro atoms. The number of carbonyl (C=O) groups is 1. The lowest BCUT2D eigenvalue weighted by molar-refractivity contribution is -0.114. The second-order valence-electron chi connectivity index (χ2n) is 6.16. The number of para-hydroxylation sites is 1. The SMILES string of the molecule is CC(=O)Nc1ccc(Oc2nc(-c3ccccc3F)nc3ccccc23)cc1. The molecular weight excluding hydrogens is 357 g/mol. The Morgan fingerprint density at radius 3 is 2.39 bits per heavy atom. The highest BCUT2D eigenvalue weighted by Crippen LogP contribution is 2.31. The minimum atomic E-state index is -0.400. The molecule has 5 nitrogen and oxygen atoms in total. The van der Waals surface area contributed by atoms with Gasteiger partial charge in [0, 0.05) is 12.6 Å². The molecule has 4 aromatic rings. The summed E-state index contributed by atoms with van der Waals surface area (Å²) in [7, 11) is 0. The molecule has 3 aromatic carbocycles. The first-order valence-corrected chi connectivity index (χ1v) is 8.67. The smallest absolute Gasteiger partial charge is 0.230 e. The molecule has 28 heavy (non-hydrogen) atoms. The maximum Gasteiger partial charge on any atom is 0.230 e. The molecule has 0 unspecified atom stereocenters. The Balaban J connectivity index is 1.75. The Bertz CT molecular complexity index is 1160. The highest BCUT2D eigenvalue weighted by molar-refractivity contribution is 5.88. The summed E-state index contributed by atoms with van der Waals surface area (Å²) in [5.74, 6) is 0.573. The average Bonchev–Trinajstić information content (AvgIpc) is 2.69. The quantitative estimate of drug-likeness (QED) is 0.535. The number of hydrogen-bond donors (Lipinski definition) is 1. The number of nitrogens with one attached hydrogen (secondary N) is 1. The number of halogens is 1. The van der Waals surface area contributed by atoms with Crippen LogP contribution in [0.25, 0.3) is 22.3 Å². The zero-order valence-electron chi connectivity index (χ0n) is 15.0. The Labute approximate surface area is 160 Å². The fourth-order valence-electron chi connectivity index (χ4n) is 2.81. The Kier molecular flexibility index (Phi) is 4.68. The van der Waals surface area contributed by atoms with Crippen LogP contribution in [-0.2, 0) is 4.79 Å². The van der Waals surface area contributed by atoms with Crippen LogP contribution in [0.5, 0.6) is 11.6 Å². The average molecular weight is 373 g/mol. The van der Waals surface area contributed by atoms with E-state index in [-0.39, 0.29) is 11.7 Å². The van der Waals surface area contributed by atoms with Gasteiger partial charge in [0.2, 0.25) is 11.8 Å². The topological polar surface area (TPSA) is 64.1 Å². The van der Waals surface area contributed by atoms with Crippen molar-refractivity contribution < 1.29 is 13.9 Å². The lowest BCUT2D eigenvalue weighted by Gasteiger charge is -2.11. The molecule has 1 aromatic heterocycles. The summed E-state index contributed by atoms with van der Waals surface area (Å²) in [5.41, 5.74) is 1.62. The molecule has 0 fully saturated rings. The first kappa shape index (κ1) is 17.6. The third kappa shape index (κ3) is 3.66. The van der Waals surface area contributed by atoms with Gasteiger partial charge in [-0.05, 0) is 48.5 Å². The van der Waals surface area contributed by atoms with Crippen LogP contribution in [0.15, 0.2) is 72.8 Å². The van der Waals surface area contributed by atoms with Crippen molar-refractivity contribution in [2.24, 2.45) is 0 Å². The molecule has 0 saturated heterocycles. The molecular formula is C22H16FN3O2. The number of carbonyl (C=O) groups excluding carboxylic acids is 1. The number of benzene rings is 3. The summed E-state index contributed by atoms with van der Waals surface area (Å²) < 4.78 is 20.2. The Morgan fingerprint density at radius 2 is 1.64 bits per heavy atom. The van der Waals surface area contributed by atoms with Crippen LogP contribution in [-0.4, -0.2) is 15.9 Å². The van der Waals surface area contributed by atoms with E-state index < -0.39 is 5.82 Å². The van der Waals surface area contributed by atoms with E-state index in [2.05, 4.69) is 15.3 Å². The van der Waals surface area contributed by atoms with E-state index in [0.717, 1.165) is 0 Å². The molecule has 1 N–H and O–H groups in total. The van der Waals surface area contributed by atoms with Gasteiger partial charge >= 0.3 is 0 Å².